The standard InChI is InChI=1S/C15H23NO/c16-15(14-9-5-2-6-10-14)12-17-11-13-7-3-1-4-8-13/h1,3-4,7-8,14-15H,2,5-6,9-12,16H2/t15-/m0/s1. The lowest BCUT2D eigenvalue weighted by Gasteiger charge is -2.27. The van der Waals surface area contributed by atoms with E-state index in [0.717, 1.165) is 0 Å². The Morgan fingerprint density at radius 1 is 1.12 bits per heavy atom. The lowest BCUT2D eigenvalue weighted by atomic mass is 9.84. The molecule has 0 heterocycles. The van der Waals surface area contributed by atoms with Crippen molar-refractivity contribution < 1.29 is 4.74 Å². The molecule has 0 amide bonds. The molecule has 0 aromatic heterocycles. The third-order valence-electron chi connectivity index (χ3n) is 3.68. The van der Waals surface area contributed by atoms with Crippen LogP contribution in [0.5, 0.6) is 0 Å². The van der Waals surface area contributed by atoms with E-state index < -0.39 is 0 Å². The van der Waals surface area contributed by atoms with E-state index in [4.69, 9.17) is 10.5 Å². The summed E-state index contributed by atoms with van der Waals surface area (Å²) in [6.07, 6.45) is 6.65. The number of rotatable bonds is 5. The van der Waals surface area contributed by atoms with Gasteiger partial charge < -0.3 is 10.5 Å². The van der Waals surface area contributed by atoms with Crippen molar-refractivity contribution in [1.29, 1.82) is 0 Å². The van der Waals surface area contributed by atoms with Crippen LogP contribution in [0.1, 0.15) is 37.7 Å². The van der Waals surface area contributed by atoms with E-state index in [2.05, 4.69) is 12.1 Å². The number of nitrogens with two attached hydrogens (primary N) is 1. The second-order valence-electron chi connectivity index (χ2n) is 5.06. The highest BCUT2D eigenvalue weighted by atomic mass is 16.5. The van der Waals surface area contributed by atoms with Crippen LogP contribution in [0.25, 0.3) is 0 Å². The molecule has 0 aliphatic heterocycles. The van der Waals surface area contributed by atoms with Crippen LogP contribution in [0.3, 0.4) is 0 Å². The lowest BCUT2D eigenvalue weighted by molar-refractivity contribution is 0.0863. The van der Waals surface area contributed by atoms with Crippen LogP contribution in [-0.4, -0.2) is 12.6 Å². The minimum atomic E-state index is 0.221. The minimum absolute atomic E-state index is 0.221. The fourth-order valence-electron chi connectivity index (χ4n) is 2.59. The summed E-state index contributed by atoms with van der Waals surface area (Å²) in [5, 5.41) is 0. The molecule has 1 aromatic rings. The zero-order valence-corrected chi connectivity index (χ0v) is 10.5. The van der Waals surface area contributed by atoms with Crippen LogP contribution in [-0.2, 0) is 11.3 Å². The van der Waals surface area contributed by atoms with Crippen molar-refractivity contribution in [1.82, 2.24) is 0 Å². The summed E-state index contributed by atoms with van der Waals surface area (Å²) in [4.78, 5) is 0. The Labute approximate surface area is 104 Å². The first-order valence-corrected chi connectivity index (χ1v) is 6.73. The van der Waals surface area contributed by atoms with Gasteiger partial charge in [0.1, 0.15) is 0 Å². The number of hydrogen-bond acceptors (Lipinski definition) is 2. The first-order chi connectivity index (χ1) is 8.36. The molecule has 17 heavy (non-hydrogen) atoms. The Morgan fingerprint density at radius 2 is 1.82 bits per heavy atom. The highest BCUT2D eigenvalue weighted by Gasteiger charge is 2.20. The molecule has 0 bridgehead atoms. The molecule has 0 unspecified atom stereocenters. The van der Waals surface area contributed by atoms with Gasteiger partial charge in [0.25, 0.3) is 0 Å². The van der Waals surface area contributed by atoms with Gasteiger partial charge in [0.15, 0.2) is 0 Å². The average molecular weight is 233 g/mol. The molecule has 1 aliphatic carbocycles. The molecule has 1 atom stereocenters. The Hall–Kier alpha value is -0.860. The molecule has 0 spiro atoms. The Bertz CT molecular complexity index is 306. The van der Waals surface area contributed by atoms with E-state index >= 15 is 0 Å². The summed E-state index contributed by atoms with van der Waals surface area (Å²) in [6.45, 7) is 1.38. The highest BCUT2D eigenvalue weighted by molar-refractivity contribution is 5.13. The summed E-state index contributed by atoms with van der Waals surface area (Å²) in [6, 6.07) is 10.5. The number of ether oxygens (including phenoxy) is 1. The third-order valence-corrected chi connectivity index (χ3v) is 3.68. The third kappa shape index (κ3) is 4.14. The molecule has 2 rings (SSSR count). The maximum absolute atomic E-state index is 6.19. The monoisotopic (exact) mass is 233 g/mol. The molecule has 0 radical (unpaired) electrons. The molecule has 2 heteroatoms. The van der Waals surface area contributed by atoms with Gasteiger partial charge in [0.2, 0.25) is 0 Å². The van der Waals surface area contributed by atoms with Gasteiger partial charge in [-0.15, -0.1) is 0 Å². The first-order valence-electron chi connectivity index (χ1n) is 6.73. The van der Waals surface area contributed by atoms with Crippen molar-refractivity contribution in [2.75, 3.05) is 6.61 Å². The Balaban J connectivity index is 1.67. The quantitative estimate of drug-likeness (QED) is 0.848. The highest BCUT2D eigenvalue weighted by Crippen LogP contribution is 2.25. The predicted molar refractivity (Wildman–Crippen MR) is 70.6 cm³/mol. The molecule has 2 N–H and O–H groups in total. The summed E-state index contributed by atoms with van der Waals surface area (Å²) < 4.78 is 5.71. The second-order valence-corrected chi connectivity index (χ2v) is 5.06. The topological polar surface area (TPSA) is 35.2 Å². The zero-order valence-electron chi connectivity index (χ0n) is 10.5. The zero-order chi connectivity index (χ0) is 11.9. The van der Waals surface area contributed by atoms with Gasteiger partial charge in [0.05, 0.1) is 13.2 Å². The van der Waals surface area contributed by atoms with Crippen molar-refractivity contribution in [2.45, 2.75) is 44.8 Å². The van der Waals surface area contributed by atoms with Crippen molar-refractivity contribution in [3.8, 4) is 0 Å². The van der Waals surface area contributed by atoms with Crippen molar-refractivity contribution in [3.05, 3.63) is 35.9 Å². The van der Waals surface area contributed by atoms with Gasteiger partial charge >= 0.3 is 0 Å². The molecule has 94 valence electrons. The molecular weight excluding hydrogens is 210 g/mol. The summed E-state index contributed by atoms with van der Waals surface area (Å²) in [7, 11) is 0. The summed E-state index contributed by atoms with van der Waals surface area (Å²) in [5.74, 6) is 0.680. The van der Waals surface area contributed by atoms with Gasteiger partial charge in [-0.05, 0) is 24.3 Å². The molecule has 1 aromatic carbocycles. The van der Waals surface area contributed by atoms with E-state index in [1.54, 1.807) is 0 Å². The number of hydrogen-bond donors (Lipinski definition) is 1. The number of benzene rings is 1. The normalized spacial score (nSPS) is 19.1. The van der Waals surface area contributed by atoms with Crippen LogP contribution >= 0.6 is 0 Å². The smallest absolute Gasteiger partial charge is 0.0717 e. The maximum Gasteiger partial charge on any atom is 0.0717 e. The summed E-state index contributed by atoms with van der Waals surface area (Å²) in [5.41, 5.74) is 7.41. The van der Waals surface area contributed by atoms with Crippen molar-refractivity contribution >= 4 is 0 Å². The van der Waals surface area contributed by atoms with Crippen molar-refractivity contribution in [3.63, 3.8) is 0 Å². The minimum Gasteiger partial charge on any atom is -0.375 e. The molecular formula is C15H23NO. The average Bonchev–Trinajstić information content (AvgIpc) is 2.41. The van der Waals surface area contributed by atoms with Gasteiger partial charge in [0, 0.05) is 6.04 Å². The van der Waals surface area contributed by atoms with Crippen molar-refractivity contribution in [2.24, 2.45) is 11.7 Å². The van der Waals surface area contributed by atoms with E-state index in [0.29, 0.717) is 19.1 Å². The van der Waals surface area contributed by atoms with Gasteiger partial charge in [-0.1, -0.05) is 49.6 Å². The Kier molecular flexibility index (Phi) is 5.02. The summed E-state index contributed by atoms with van der Waals surface area (Å²) >= 11 is 0. The second kappa shape index (κ2) is 6.77. The molecule has 2 nitrogen and oxygen atoms in total. The SMILES string of the molecule is N[C@@H](COCc1ccccc1)C1CCCCC1. The molecule has 1 fully saturated rings. The van der Waals surface area contributed by atoms with Gasteiger partial charge in [-0.3, -0.25) is 0 Å². The van der Waals surface area contributed by atoms with E-state index in [1.807, 2.05) is 18.2 Å². The van der Waals surface area contributed by atoms with Crippen LogP contribution in [0.15, 0.2) is 30.3 Å². The van der Waals surface area contributed by atoms with Gasteiger partial charge in [-0.2, -0.15) is 0 Å². The van der Waals surface area contributed by atoms with E-state index in [1.165, 1.54) is 37.7 Å². The molecule has 1 saturated carbocycles. The van der Waals surface area contributed by atoms with Gasteiger partial charge in [-0.25, -0.2) is 0 Å². The van der Waals surface area contributed by atoms with E-state index in [-0.39, 0.29) is 6.04 Å². The fraction of sp³-hybridized carbons (Fsp3) is 0.600. The molecule has 1 aliphatic rings. The fourth-order valence-corrected chi connectivity index (χ4v) is 2.59. The van der Waals surface area contributed by atoms with Crippen LogP contribution in [0.4, 0.5) is 0 Å². The Morgan fingerprint density at radius 3 is 2.53 bits per heavy atom. The lowest BCUT2D eigenvalue weighted by Crippen LogP contribution is -2.35. The van der Waals surface area contributed by atoms with Crippen LogP contribution in [0.2, 0.25) is 0 Å². The van der Waals surface area contributed by atoms with Crippen LogP contribution in [0, 0.1) is 5.92 Å². The maximum atomic E-state index is 6.19. The van der Waals surface area contributed by atoms with Crippen LogP contribution < -0.4 is 5.73 Å². The largest absolute Gasteiger partial charge is 0.375 e. The predicted octanol–water partition coefficient (Wildman–Crippen LogP) is 3.11. The molecule has 0 saturated heterocycles. The first kappa shape index (κ1) is 12.6. The van der Waals surface area contributed by atoms with E-state index in [9.17, 15) is 0 Å².